The average Bonchev–Trinajstić information content (AvgIpc) is 2.98. The first-order valence-corrected chi connectivity index (χ1v) is 6.95. The molecule has 0 spiro atoms. The predicted octanol–water partition coefficient (Wildman–Crippen LogP) is 3.52. The molecule has 1 aliphatic heterocycles. The molecule has 2 aromatic carbocycles. The normalized spacial score (nSPS) is 23.5. The van der Waals surface area contributed by atoms with Gasteiger partial charge in [-0.1, -0.05) is 65.8 Å². The van der Waals surface area contributed by atoms with E-state index >= 15 is 0 Å². The molecule has 0 bridgehead atoms. The van der Waals surface area contributed by atoms with Crippen LogP contribution in [0.3, 0.4) is 0 Å². The van der Waals surface area contributed by atoms with Crippen molar-refractivity contribution in [3.63, 3.8) is 0 Å². The summed E-state index contributed by atoms with van der Waals surface area (Å²) in [6, 6.07) is 12.0. The second kappa shape index (κ2) is 5.63. The van der Waals surface area contributed by atoms with Crippen molar-refractivity contribution in [2.75, 3.05) is 0 Å². The van der Waals surface area contributed by atoms with E-state index in [1.165, 1.54) is 30.3 Å². The molecule has 0 fully saturated rings. The molecule has 2 atom stereocenters. The van der Waals surface area contributed by atoms with Gasteiger partial charge in [0.1, 0.15) is 0 Å². The van der Waals surface area contributed by atoms with E-state index in [1.54, 1.807) is 18.2 Å². The minimum absolute atomic E-state index is 0.209. The molecule has 0 saturated heterocycles. The van der Waals surface area contributed by atoms with Gasteiger partial charge in [0.2, 0.25) is 0 Å². The Balaban J connectivity index is 2.20. The third kappa shape index (κ3) is 2.31. The number of hydrogen-bond donors (Lipinski definition) is 0. The average molecular weight is 336 g/mol. The van der Waals surface area contributed by atoms with E-state index in [0.717, 1.165) is 12.1 Å². The Morgan fingerprint density at radius 1 is 1.04 bits per heavy atom. The molecule has 0 aliphatic carbocycles. The molecular formula is C16H11F3N2O3. The molecule has 124 valence electrons. The zero-order valence-corrected chi connectivity index (χ0v) is 12.1. The summed E-state index contributed by atoms with van der Waals surface area (Å²) in [5.74, 6) is 0. The minimum Gasteiger partial charge on any atom is -0.366 e. The number of halogens is 3. The van der Waals surface area contributed by atoms with Gasteiger partial charge in [0.15, 0.2) is 5.71 Å². The quantitative estimate of drug-likeness (QED) is 0.636. The van der Waals surface area contributed by atoms with Crippen LogP contribution < -0.4 is 0 Å². The fourth-order valence-electron chi connectivity index (χ4n) is 2.75. The molecule has 5 nitrogen and oxygen atoms in total. The van der Waals surface area contributed by atoms with Gasteiger partial charge in [0.25, 0.3) is 0 Å². The van der Waals surface area contributed by atoms with E-state index in [-0.39, 0.29) is 16.8 Å². The summed E-state index contributed by atoms with van der Waals surface area (Å²) < 4.78 is 41.7. The highest BCUT2D eigenvalue weighted by Gasteiger charge is 2.74. The van der Waals surface area contributed by atoms with Gasteiger partial charge in [0.05, 0.1) is 0 Å². The van der Waals surface area contributed by atoms with E-state index < -0.39 is 22.7 Å². The number of rotatable bonds is 3. The highest BCUT2D eigenvalue weighted by Crippen LogP contribution is 2.49. The summed E-state index contributed by atoms with van der Waals surface area (Å²) in [5, 5.41) is 15.0. The number of hydrogen-bond acceptors (Lipinski definition) is 4. The number of oxime groups is 1. The van der Waals surface area contributed by atoms with Crippen LogP contribution in [0.15, 0.2) is 65.8 Å². The maximum atomic E-state index is 13.9. The molecule has 0 radical (unpaired) electrons. The Kier molecular flexibility index (Phi) is 3.75. The molecule has 0 aromatic heterocycles. The molecule has 3 rings (SSSR count). The van der Waals surface area contributed by atoms with E-state index in [9.17, 15) is 23.3 Å². The maximum absolute atomic E-state index is 13.9. The summed E-state index contributed by atoms with van der Waals surface area (Å²) in [6.45, 7) is 0. The number of nitro groups is 1. The number of nitrogens with zero attached hydrogens (tertiary/aromatic N) is 2. The van der Waals surface area contributed by atoms with Crippen molar-refractivity contribution in [2.45, 2.75) is 17.8 Å². The Hall–Kier alpha value is -2.90. The van der Waals surface area contributed by atoms with Crippen LogP contribution in [-0.4, -0.2) is 22.9 Å². The topological polar surface area (TPSA) is 64.7 Å². The fraction of sp³-hybridized carbons (Fsp3) is 0.188. The maximum Gasteiger partial charge on any atom is 0.443 e. The molecule has 0 unspecified atom stereocenters. The van der Waals surface area contributed by atoms with Crippen molar-refractivity contribution in [3.05, 3.63) is 81.9 Å². The van der Waals surface area contributed by atoms with Crippen molar-refractivity contribution in [2.24, 2.45) is 5.16 Å². The summed E-state index contributed by atoms with van der Waals surface area (Å²) >= 11 is 0. The van der Waals surface area contributed by atoms with Gasteiger partial charge in [-0.05, 0) is 0 Å². The molecule has 0 amide bonds. The van der Waals surface area contributed by atoms with Crippen molar-refractivity contribution < 1.29 is 22.9 Å². The largest absolute Gasteiger partial charge is 0.443 e. The van der Waals surface area contributed by atoms with E-state index in [1.807, 2.05) is 0 Å². The lowest BCUT2D eigenvalue weighted by molar-refractivity contribution is -0.540. The van der Waals surface area contributed by atoms with Gasteiger partial charge < -0.3 is 4.84 Å². The zero-order valence-electron chi connectivity index (χ0n) is 12.1. The molecular weight excluding hydrogens is 325 g/mol. The SMILES string of the molecule is O=[N+]([O-])[C@H]1C(c2ccccc2)=NO[C@]1(c1ccccc1)C(F)(F)F. The first-order valence-electron chi connectivity index (χ1n) is 6.95. The summed E-state index contributed by atoms with van der Waals surface area (Å²) in [7, 11) is 0. The molecule has 0 N–H and O–H groups in total. The van der Waals surface area contributed by atoms with Crippen LogP contribution >= 0.6 is 0 Å². The molecule has 0 saturated carbocycles. The van der Waals surface area contributed by atoms with Crippen molar-refractivity contribution in [1.29, 1.82) is 0 Å². The minimum atomic E-state index is -5.04. The molecule has 2 aromatic rings. The standard InChI is InChI=1S/C16H11F3N2O3/c17-16(18,19)15(12-9-5-2-6-10-12)14(21(22)23)13(20-24-15)11-7-3-1-4-8-11/h1-10,14H/t14-,15-/m0/s1. The van der Waals surface area contributed by atoms with E-state index in [4.69, 9.17) is 4.84 Å². The van der Waals surface area contributed by atoms with Crippen LogP contribution in [0.5, 0.6) is 0 Å². The smallest absolute Gasteiger partial charge is 0.366 e. The van der Waals surface area contributed by atoms with Crippen molar-refractivity contribution >= 4 is 5.71 Å². The fourth-order valence-corrected chi connectivity index (χ4v) is 2.75. The van der Waals surface area contributed by atoms with E-state index in [0.29, 0.717) is 0 Å². The molecule has 1 heterocycles. The monoisotopic (exact) mass is 336 g/mol. The Morgan fingerprint density at radius 2 is 1.58 bits per heavy atom. The second-order valence-electron chi connectivity index (χ2n) is 5.22. The lowest BCUT2D eigenvalue weighted by Crippen LogP contribution is -2.55. The van der Waals surface area contributed by atoms with Crippen LogP contribution in [0.25, 0.3) is 0 Å². The van der Waals surface area contributed by atoms with Crippen LogP contribution in [-0.2, 0) is 10.4 Å². The summed E-state index contributed by atoms with van der Waals surface area (Å²) in [6.07, 6.45) is -5.04. The van der Waals surface area contributed by atoms with Gasteiger partial charge >= 0.3 is 17.8 Å². The first-order chi connectivity index (χ1) is 11.4. The predicted molar refractivity (Wildman–Crippen MR) is 79.0 cm³/mol. The van der Waals surface area contributed by atoms with Crippen LogP contribution in [0.2, 0.25) is 0 Å². The third-order valence-corrected chi connectivity index (χ3v) is 3.84. The van der Waals surface area contributed by atoms with Gasteiger partial charge in [0, 0.05) is 16.1 Å². The van der Waals surface area contributed by atoms with Gasteiger partial charge in [-0.3, -0.25) is 10.1 Å². The highest BCUT2D eigenvalue weighted by molar-refractivity contribution is 6.05. The Labute approximate surface area is 134 Å². The first kappa shape index (κ1) is 16.0. The molecule has 24 heavy (non-hydrogen) atoms. The van der Waals surface area contributed by atoms with Crippen LogP contribution in [0, 0.1) is 10.1 Å². The second-order valence-corrected chi connectivity index (χ2v) is 5.22. The molecule has 1 aliphatic rings. The zero-order chi connectivity index (χ0) is 17.4. The Bertz CT molecular complexity index is 778. The van der Waals surface area contributed by atoms with Crippen LogP contribution in [0.1, 0.15) is 11.1 Å². The lowest BCUT2D eigenvalue weighted by Gasteiger charge is -2.30. The van der Waals surface area contributed by atoms with Gasteiger partial charge in [-0.25, -0.2) is 0 Å². The number of alkyl halides is 3. The number of benzene rings is 2. The summed E-state index contributed by atoms with van der Waals surface area (Å²) in [5.41, 5.74) is -3.68. The molecule has 8 heteroatoms. The Morgan fingerprint density at radius 3 is 2.08 bits per heavy atom. The van der Waals surface area contributed by atoms with Crippen molar-refractivity contribution in [1.82, 2.24) is 0 Å². The van der Waals surface area contributed by atoms with Gasteiger partial charge in [-0.2, -0.15) is 13.2 Å². The third-order valence-electron chi connectivity index (χ3n) is 3.84. The van der Waals surface area contributed by atoms with Gasteiger partial charge in [-0.15, -0.1) is 0 Å². The summed E-state index contributed by atoms with van der Waals surface area (Å²) in [4.78, 5) is 15.3. The lowest BCUT2D eigenvalue weighted by atomic mass is 9.82. The van der Waals surface area contributed by atoms with E-state index in [2.05, 4.69) is 5.16 Å². The van der Waals surface area contributed by atoms with Crippen molar-refractivity contribution in [3.8, 4) is 0 Å². The highest BCUT2D eigenvalue weighted by atomic mass is 19.4. The van der Waals surface area contributed by atoms with Crippen LogP contribution in [0.4, 0.5) is 13.2 Å².